The third-order valence-electron chi connectivity index (χ3n) is 4.49. The number of benzene rings is 1. The van der Waals surface area contributed by atoms with E-state index in [2.05, 4.69) is 10.3 Å². The van der Waals surface area contributed by atoms with Crippen molar-refractivity contribution in [3.63, 3.8) is 0 Å². The van der Waals surface area contributed by atoms with Gasteiger partial charge in [-0.2, -0.15) is 0 Å². The van der Waals surface area contributed by atoms with Crippen LogP contribution in [0, 0.1) is 5.82 Å². The summed E-state index contributed by atoms with van der Waals surface area (Å²) in [6.07, 6.45) is 2.29. The number of carbonyl (C=O) groups is 1. The third kappa shape index (κ3) is 6.31. The average Bonchev–Trinajstić information content (AvgIpc) is 2.66. The van der Waals surface area contributed by atoms with Crippen molar-refractivity contribution in [2.24, 2.45) is 0 Å². The van der Waals surface area contributed by atoms with Gasteiger partial charge in [0.15, 0.2) is 5.82 Å². The van der Waals surface area contributed by atoms with Gasteiger partial charge >= 0.3 is 6.09 Å². The van der Waals surface area contributed by atoms with E-state index in [4.69, 9.17) is 25.8 Å². The van der Waals surface area contributed by atoms with Crippen LogP contribution in [-0.4, -0.2) is 42.0 Å². The van der Waals surface area contributed by atoms with Crippen LogP contribution in [0.1, 0.15) is 33.6 Å². The summed E-state index contributed by atoms with van der Waals surface area (Å²) < 4.78 is 31.0. The molecule has 0 radical (unpaired) electrons. The van der Waals surface area contributed by atoms with E-state index in [0.29, 0.717) is 17.9 Å². The van der Waals surface area contributed by atoms with Gasteiger partial charge in [-0.25, -0.2) is 9.18 Å². The lowest BCUT2D eigenvalue weighted by atomic mass is 10.0. The van der Waals surface area contributed by atoms with Gasteiger partial charge < -0.3 is 19.5 Å². The van der Waals surface area contributed by atoms with Crippen molar-refractivity contribution >= 4 is 17.7 Å². The minimum Gasteiger partial charge on any atom is -0.491 e. The second kappa shape index (κ2) is 9.62. The zero-order valence-corrected chi connectivity index (χ0v) is 18.0. The fourth-order valence-electron chi connectivity index (χ4n) is 3.14. The summed E-state index contributed by atoms with van der Waals surface area (Å²) in [5.41, 5.74) is 0.282. The zero-order valence-electron chi connectivity index (χ0n) is 17.3. The van der Waals surface area contributed by atoms with Gasteiger partial charge in [0.05, 0.1) is 11.1 Å². The third-order valence-corrected chi connectivity index (χ3v) is 4.70. The molecular formula is C22H26ClFN2O4. The topological polar surface area (TPSA) is 69.7 Å². The molecule has 8 heteroatoms. The van der Waals surface area contributed by atoms with Gasteiger partial charge in [-0.05, 0) is 63.9 Å². The first-order valence-electron chi connectivity index (χ1n) is 9.87. The Bertz CT molecular complexity index is 870. The van der Waals surface area contributed by atoms with Gasteiger partial charge in [0.2, 0.25) is 0 Å². The maximum Gasteiger partial charge on any atom is 0.407 e. The van der Waals surface area contributed by atoms with Crippen molar-refractivity contribution in [2.45, 2.75) is 51.4 Å². The molecule has 1 aliphatic rings. The number of ether oxygens (including phenoxy) is 3. The maximum absolute atomic E-state index is 14.0. The Balaban J connectivity index is 1.58. The molecule has 1 N–H and O–H groups in total. The monoisotopic (exact) mass is 436 g/mol. The molecule has 0 aliphatic carbocycles. The number of hydrogen-bond acceptors (Lipinski definition) is 5. The minimum atomic E-state index is -0.564. The molecule has 0 saturated carbocycles. The second-order valence-corrected chi connectivity index (χ2v) is 8.56. The Morgan fingerprint density at radius 2 is 2.07 bits per heavy atom. The zero-order chi connectivity index (χ0) is 21.7. The molecule has 1 aliphatic heterocycles. The van der Waals surface area contributed by atoms with E-state index >= 15 is 0 Å². The summed E-state index contributed by atoms with van der Waals surface area (Å²) in [6, 6.07) is 7.97. The molecule has 0 bridgehead atoms. The molecule has 0 unspecified atom stereocenters. The van der Waals surface area contributed by atoms with Gasteiger partial charge in [-0.15, -0.1) is 0 Å². The Kier molecular flexibility index (Phi) is 7.15. The molecule has 1 amide bonds. The summed E-state index contributed by atoms with van der Waals surface area (Å²) in [7, 11) is 0. The van der Waals surface area contributed by atoms with Gasteiger partial charge in [-0.3, -0.25) is 4.98 Å². The van der Waals surface area contributed by atoms with E-state index in [0.717, 1.165) is 12.8 Å². The lowest BCUT2D eigenvalue weighted by Crippen LogP contribution is -2.50. The summed E-state index contributed by atoms with van der Waals surface area (Å²) in [5.74, 6) is 0.126. The molecule has 1 fully saturated rings. The van der Waals surface area contributed by atoms with Crippen molar-refractivity contribution in [2.75, 3.05) is 13.2 Å². The largest absolute Gasteiger partial charge is 0.491 e. The number of halogens is 2. The van der Waals surface area contributed by atoms with Crippen LogP contribution in [0.3, 0.4) is 0 Å². The number of hydrogen-bond donors (Lipinski definition) is 1. The van der Waals surface area contributed by atoms with E-state index in [1.165, 1.54) is 12.3 Å². The number of nitrogens with zero attached hydrogens (tertiary/aromatic N) is 1. The quantitative estimate of drug-likeness (QED) is 0.714. The average molecular weight is 437 g/mol. The van der Waals surface area contributed by atoms with Gasteiger partial charge in [0, 0.05) is 18.4 Å². The molecule has 1 saturated heterocycles. The van der Waals surface area contributed by atoms with Crippen LogP contribution in [0.25, 0.3) is 11.3 Å². The van der Waals surface area contributed by atoms with E-state index in [-0.39, 0.29) is 29.5 Å². The predicted molar refractivity (Wildman–Crippen MR) is 112 cm³/mol. The molecule has 162 valence electrons. The van der Waals surface area contributed by atoms with Crippen molar-refractivity contribution < 1.29 is 23.4 Å². The lowest BCUT2D eigenvalue weighted by molar-refractivity contribution is -0.0360. The molecule has 3 rings (SSSR count). The number of alkyl carbamates (subject to hydrolysis) is 1. The normalized spacial score (nSPS) is 19.2. The number of carbonyl (C=O) groups excluding carboxylic acids is 1. The Hall–Kier alpha value is -2.38. The molecule has 2 aromatic rings. The Labute approximate surface area is 180 Å². The minimum absolute atomic E-state index is 0.194. The van der Waals surface area contributed by atoms with Crippen molar-refractivity contribution in [3.05, 3.63) is 47.4 Å². The summed E-state index contributed by atoms with van der Waals surface area (Å²) in [6.45, 7) is 6.34. The van der Waals surface area contributed by atoms with Crippen LogP contribution in [0.2, 0.25) is 5.02 Å². The second-order valence-electron chi connectivity index (χ2n) is 8.12. The molecule has 1 aromatic heterocycles. The fraction of sp³-hybridized carbons (Fsp3) is 0.455. The highest BCUT2D eigenvalue weighted by Gasteiger charge is 2.29. The number of pyridine rings is 1. The van der Waals surface area contributed by atoms with Crippen LogP contribution in [0.5, 0.6) is 5.75 Å². The number of nitrogens with one attached hydrogen (secondary N) is 1. The first-order valence-corrected chi connectivity index (χ1v) is 10.2. The number of amides is 1. The number of aromatic nitrogens is 1. The molecule has 0 spiro atoms. The van der Waals surface area contributed by atoms with Gasteiger partial charge in [0.1, 0.15) is 29.8 Å². The highest BCUT2D eigenvalue weighted by molar-refractivity contribution is 6.30. The smallest absolute Gasteiger partial charge is 0.407 e. The predicted octanol–water partition coefficient (Wildman–Crippen LogP) is 4.99. The van der Waals surface area contributed by atoms with Crippen LogP contribution in [0.4, 0.5) is 9.18 Å². The molecule has 30 heavy (non-hydrogen) atoms. The van der Waals surface area contributed by atoms with E-state index in [1.54, 1.807) is 24.3 Å². The van der Waals surface area contributed by atoms with Crippen LogP contribution in [-0.2, 0) is 9.47 Å². The van der Waals surface area contributed by atoms with Crippen molar-refractivity contribution in [3.8, 4) is 17.0 Å². The van der Waals surface area contributed by atoms with Crippen LogP contribution in [0.15, 0.2) is 36.5 Å². The molecule has 6 nitrogen and oxygen atoms in total. The molecular weight excluding hydrogens is 411 g/mol. The number of rotatable bonds is 5. The van der Waals surface area contributed by atoms with E-state index < -0.39 is 17.5 Å². The van der Waals surface area contributed by atoms with E-state index in [9.17, 15) is 9.18 Å². The molecule has 1 aromatic carbocycles. The van der Waals surface area contributed by atoms with Crippen LogP contribution >= 0.6 is 11.6 Å². The fourth-order valence-corrected chi connectivity index (χ4v) is 3.29. The van der Waals surface area contributed by atoms with Gasteiger partial charge in [-0.1, -0.05) is 11.6 Å². The highest BCUT2D eigenvalue weighted by Crippen LogP contribution is 2.25. The highest BCUT2D eigenvalue weighted by atomic mass is 35.5. The standard InChI is InChI=1S/C22H26ClFN2O4/c1-22(2,3)30-21(27)26-18-5-4-10-28-19(18)13-29-16-8-6-14(7-9-16)20-17(24)11-15(23)12-25-20/h6-9,11-12,18-19H,4-5,10,13H2,1-3H3,(H,26,27)/t18-,19+/m0/s1. The summed E-state index contributed by atoms with van der Waals surface area (Å²) in [4.78, 5) is 16.1. The van der Waals surface area contributed by atoms with Gasteiger partial charge in [0.25, 0.3) is 0 Å². The van der Waals surface area contributed by atoms with E-state index in [1.807, 2.05) is 20.8 Å². The Morgan fingerprint density at radius 1 is 1.33 bits per heavy atom. The van der Waals surface area contributed by atoms with Crippen molar-refractivity contribution in [1.82, 2.24) is 10.3 Å². The molecule has 2 atom stereocenters. The first-order chi connectivity index (χ1) is 14.2. The summed E-state index contributed by atoms with van der Waals surface area (Å²) >= 11 is 5.75. The molecule has 2 heterocycles. The summed E-state index contributed by atoms with van der Waals surface area (Å²) in [5, 5.41) is 3.12. The SMILES string of the molecule is CC(C)(C)OC(=O)N[C@H]1CCCO[C@@H]1COc1ccc(-c2ncc(Cl)cc2F)cc1. The maximum atomic E-state index is 14.0. The lowest BCUT2D eigenvalue weighted by Gasteiger charge is -2.32. The van der Waals surface area contributed by atoms with Crippen LogP contribution < -0.4 is 10.1 Å². The first kappa shape index (κ1) is 22.3. The van der Waals surface area contributed by atoms with Crippen molar-refractivity contribution in [1.29, 1.82) is 0 Å². The Morgan fingerprint density at radius 3 is 2.73 bits per heavy atom.